The number of hydrogen-bond acceptors (Lipinski definition) is 7. The van der Waals surface area contributed by atoms with Crippen molar-refractivity contribution in [3.63, 3.8) is 0 Å². The molecule has 1 aromatic rings. The van der Waals surface area contributed by atoms with Crippen molar-refractivity contribution in [1.82, 2.24) is 0 Å². The molecular weight excluding hydrogens is 312 g/mol. The van der Waals surface area contributed by atoms with Gasteiger partial charge in [-0.05, 0) is 0 Å². The highest BCUT2D eigenvalue weighted by atomic mass is 16.5. The fourth-order valence-corrected chi connectivity index (χ4v) is 2.81. The molecule has 1 aliphatic carbocycles. The molecule has 0 bridgehead atoms. The summed E-state index contributed by atoms with van der Waals surface area (Å²) < 4.78 is 21.5. The van der Waals surface area contributed by atoms with Crippen LogP contribution in [0.3, 0.4) is 0 Å². The van der Waals surface area contributed by atoms with Crippen molar-refractivity contribution in [2.75, 3.05) is 28.4 Å². The predicted molar refractivity (Wildman–Crippen MR) is 87.8 cm³/mol. The highest BCUT2D eigenvalue weighted by Gasteiger charge is 2.49. The van der Waals surface area contributed by atoms with E-state index in [0.29, 0.717) is 5.56 Å². The summed E-state index contributed by atoms with van der Waals surface area (Å²) in [5.41, 5.74) is 11.4. The molecule has 0 amide bonds. The molecule has 0 spiro atoms. The molecule has 2 rings (SSSR count). The molecule has 0 aromatic heterocycles. The van der Waals surface area contributed by atoms with Crippen molar-refractivity contribution in [2.24, 2.45) is 11.5 Å². The van der Waals surface area contributed by atoms with Crippen LogP contribution in [0.15, 0.2) is 53.2 Å². The third-order valence-corrected chi connectivity index (χ3v) is 3.87. The summed E-state index contributed by atoms with van der Waals surface area (Å²) in [7, 11) is 5.65. The van der Waals surface area contributed by atoms with Gasteiger partial charge in [-0.25, -0.2) is 0 Å². The van der Waals surface area contributed by atoms with E-state index in [2.05, 4.69) is 0 Å². The summed E-state index contributed by atoms with van der Waals surface area (Å²) in [5, 5.41) is 0. The van der Waals surface area contributed by atoms with E-state index in [9.17, 15) is 4.79 Å². The van der Waals surface area contributed by atoms with Gasteiger partial charge in [0.1, 0.15) is 11.3 Å². The number of Topliss-reactive ketones (excluding diaryl/α,β-unsaturated/α-hetero) is 1. The molecule has 7 nitrogen and oxygen atoms in total. The summed E-state index contributed by atoms with van der Waals surface area (Å²) in [4.78, 5) is 13.0. The zero-order valence-electron chi connectivity index (χ0n) is 14.2. The molecule has 0 fully saturated rings. The number of hydrogen-bond donors (Lipinski definition) is 2. The number of nitrogens with two attached hydrogens (primary N) is 2. The number of rotatable bonds is 6. The Morgan fingerprint density at radius 2 is 1.62 bits per heavy atom. The SMILES string of the molecule is COC1=C(OC)C(N)(N)C(OC)C(OC)=C1C(=O)c1ccccc1. The van der Waals surface area contributed by atoms with E-state index in [4.69, 9.17) is 30.4 Å². The molecule has 0 saturated heterocycles. The number of carbonyl (C=O) groups excluding carboxylic acids is 1. The summed E-state index contributed by atoms with van der Waals surface area (Å²) in [6.45, 7) is 0. The van der Waals surface area contributed by atoms with E-state index in [1.165, 1.54) is 28.4 Å². The summed E-state index contributed by atoms with van der Waals surface area (Å²) in [6.07, 6.45) is -0.918. The summed E-state index contributed by atoms with van der Waals surface area (Å²) in [5.74, 6) is 0.115. The van der Waals surface area contributed by atoms with Gasteiger partial charge in [-0.2, -0.15) is 0 Å². The van der Waals surface area contributed by atoms with Crippen LogP contribution in [0.2, 0.25) is 0 Å². The zero-order chi connectivity index (χ0) is 17.9. The van der Waals surface area contributed by atoms with E-state index in [-0.39, 0.29) is 28.6 Å². The van der Waals surface area contributed by atoms with E-state index < -0.39 is 11.8 Å². The lowest BCUT2D eigenvalue weighted by Crippen LogP contribution is -2.64. The van der Waals surface area contributed by atoms with E-state index in [1.54, 1.807) is 24.3 Å². The van der Waals surface area contributed by atoms with Crippen LogP contribution in [0.4, 0.5) is 0 Å². The van der Waals surface area contributed by atoms with Crippen LogP contribution >= 0.6 is 0 Å². The quantitative estimate of drug-likeness (QED) is 0.588. The Morgan fingerprint density at radius 3 is 2.08 bits per heavy atom. The number of benzene rings is 1. The molecule has 0 saturated carbocycles. The van der Waals surface area contributed by atoms with Gasteiger partial charge in [-0.1, -0.05) is 30.3 Å². The van der Waals surface area contributed by atoms with Gasteiger partial charge in [0, 0.05) is 12.7 Å². The summed E-state index contributed by atoms with van der Waals surface area (Å²) in [6, 6.07) is 8.73. The fraction of sp³-hybridized carbons (Fsp3) is 0.353. The van der Waals surface area contributed by atoms with Crippen molar-refractivity contribution in [3.8, 4) is 0 Å². The second-order valence-corrected chi connectivity index (χ2v) is 5.25. The molecule has 130 valence electrons. The maximum absolute atomic E-state index is 13.0. The number of ether oxygens (including phenoxy) is 4. The molecular formula is C17H22N2O5. The Bertz CT molecular complexity index is 679. The second kappa shape index (κ2) is 7.04. The van der Waals surface area contributed by atoms with Gasteiger partial charge < -0.3 is 30.4 Å². The topological polar surface area (TPSA) is 106 Å². The zero-order valence-corrected chi connectivity index (χ0v) is 14.2. The molecule has 4 N–H and O–H groups in total. The van der Waals surface area contributed by atoms with Gasteiger partial charge in [0.25, 0.3) is 0 Å². The molecule has 7 heteroatoms. The lowest BCUT2D eigenvalue weighted by Gasteiger charge is -2.39. The summed E-state index contributed by atoms with van der Waals surface area (Å²) >= 11 is 0. The first kappa shape index (κ1) is 18.0. The van der Waals surface area contributed by atoms with Crippen LogP contribution in [0.5, 0.6) is 0 Å². The maximum Gasteiger partial charge on any atom is 0.200 e. The Kier molecular flexibility index (Phi) is 5.28. The highest BCUT2D eigenvalue weighted by Crippen LogP contribution is 2.37. The van der Waals surface area contributed by atoms with Crippen molar-refractivity contribution in [2.45, 2.75) is 11.8 Å². The largest absolute Gasteiger partial charge is 0.497 e. The number of methoxy groups -OCH3 is 4. The average molecular weight is 334 g/mol. The molecule has 0 radical (unpaired) electrons. The first-order chi connectivity index (χ1) is 11.4. The lowest BCUT2D eigenvalue weighted by molar-refractivity contribution is 0.00489. The van der Waals surface area contributed by atoms with Crippen LogP contribution in [0.25, 0.3) is 0 Å². The number of allylic oxidation sites excluding steroid dienone is 1. The van der Waals surface area contributed by atoms with Gasteiger partial charge in [0.2, 0.25) is 0 Å². The normalized spacial score (nSPS) is 20.0. The van der Waals surface area contributed by atoms with Gasteiger partial charge in [-0.3, -0.25) is 4.79 Å². The van der Waals surface area contributed by atoms with E-state index >= 15 is 0 Å². The molecule has 24 heavy (non-hydrogen) atoms. The first-order valence-electron chi connectivity index (χ1n) is 7.25. The van der Waals surface area contributed by atoms with Crippen LogP contribution in [-0.4, -0.2) is 46.0 Å². The minimum atomic E-state index is -1.55. The van der Waals surface area contributed by atoms with E-state index in [1.807, 2.05) is 6.07 Å². The Hall–Kier alpha value is -2.35. The van der Waals surface area contributed by atoms with Crippen molar-refractivity contribution < 1.29 is 23.7 Å². The molecule has 1 aliphatic rings. The minimum Gasteiger partial charge on any atom is -0.497 e. The van der Waals surface area contributed by atoms with E-state index in [0.717, 1.165) is 0 Å². The Labute approximate surface area is 140 Å². The average Bonchev–Trinajstić information content (AvgIpc) is 2.59. The van der Waals surface area contributed by atoms with Gasteiger partial charge >= 0.3 is 0 Å². The monoisotopic (exact) mass is 334 g/mol. The lowest BCUT2D eigenvalue weighted by atomic mass is 9.86. The van der Waals surface area contributed by atoms with Crippen molar-refractivity contribution in [1.29, 1.82) is 0 Å². The third-order valence-electron chi connectivity index (χ3n) is 3.87. The second-order valence-electron chi connectivity index (χ2n) is 5.25. The fourth-order valence-electron chi connectivity index (χ4n) is 2.81. The van der Waals surface area contributed by atoms with Crippen LogP contribution in [-0.2, 0) is 18.9 Å². The Morgan fingerprint density at radius 1 is 1.00 bits per heavy atom. The van der Waals surface area contributed by atoms with Gasteiger partial charge in [0.05, 0.1) is 21.3 Å². The molecule has 1 atom stereocenters. The first-order valence-corrected chi connectivity index (χ1v) is 7.25. The van der Waals surface area contributed by atoms with Gasteiger partial charge in [-0.15, -0.1) is 0 Å². The van der Waals surface area contributed by atoms with Crippen LogP contribution in [0.1, 0.15) is 10.4 Å². The number of ketones is 1. The van der Waals surface area contributed by atoms with Gasteiger partial charge in [0.15, 0.2) is 29.1 Å². The minimum absolute atomic E-state index is 0.108. The highest BCUT2D eigenvalue weighted by molar-refractivity contribution is 6.12. The molecule has 0 aliphatic heterocycles. The Balaban J connectivity index is 2.74. The van der Waals surface area contributed by atoms with Crippen molar-refractivity contribution >= 4 is 5.78 Å². The van der Waals surface area contributed by atoms with Crippen molar-refractivity contribution in [3.05, 3.63) is 58.7 Å². The standard InChI is InChI=1S/C17H22N2O5/c1-21-13-11(12(20)10-8-6-5-7-9-10)14(22-2)16(24-4)17(18,19)15(13)23-3/h5-9,15H,18-19H2,1-4H3. The molecule has 0 heterocycles. The predicted octanol–water partition coefficient (Wildman–Crippen LogP) is 0.917. The molecule has 1 unspecified atom stereocenters. The smallest absolute Gasteiger partial charge is 0.200 e. The van der Waals surface area contributed by atoms with Crippen LogP contribution < -0.4 is 11.5 Å². The van der Waals surface area contributed by atoms with Crippen LogP contribution in [0, 0.1) is 0 Å². The third kappa shape index (κ3) is 2.77. The molecule has 1 aromatic carbocycles. The maximum atomic E-state index is 13.0. The number of carbonyl (C=O) groups is 1.